The standard InChI is InChI=1S/C19H16ClFN2OS/c1-12(13-4-8-16(21)9-5-13)22-18(24)10-17-11-25-19(23-17)14-2-6-15(20)7-3-14/h2-9,11-12H,10H2,1H3,(H,22,24). The highest BCUT2D eigenvalue weighted by Crippen LogP contribution is 2.25. The van der Waals surface area contributed by atoms with Crippen molar-refractivity contribution in [2.75, 3.05) is 0 Å². The van der Waals surface area contributed by atoms with Crippen molar-refractivity contribution in [2.24, 2.45) is 0 Å². The summed E-state index contributed by atoms with van der Waals surface area (Å²) in [6.07, 6.45) is 0.204. The van der Waals surface area contributed by atoms with E-state index in [1.54, 1.807) is 12.1 Å². The Balaban J connectivity index is 1.61. The third-order valence-electron chi connectivity index (χ3n) is 3.73. The number of rotatable bonds is 5. The molecular formula is C19H16ClFN2OS. The lowest BCUT2D eigenvalue weighted by Crippen LogP contribution is -2.28. The van der Waals surface area contributed by atoms with E-state index in [-0.39, 0.29) is 24.2 Å². The molecule has 0 aliphatic rings. The SMILES string of the molecule is CC(NC(=O)Cc1csc(-c2ccc(Cl)cc2)n1)c1ccc(F)cc1. The maximum Gasteiger partial charge on any atom is 0.226 e. The molecule has 0 fully saturated rings. The summed E-state index contributed by atoms with van der Waals surface area (Å²) in [5, 5.41) is 6.32. The Bertz CT molecular complexity index is 862. The number of hydrogen-bond acceptors (Lipinski definition) is 3. The predicted molar refractivity (Wildman–Crippen MR) is 99.2 cm³/mol. The molecule has 1 N–H and O–H groups in total. The molecule has 1 aromatic heterocycles. The van der Waals surface area contributed by atoms with Gasteiger partial charge in [0.05, 0.1) is 18.2 Å². The van der Waals surface area contributed by atoms with Crippen LogP contribution in [0.15, 0.2) is 53.9 Å². The topological polar surface area (TPSA) is 42.0 Å². The van der Waals surface area contributed by atoms with Gasteiger partial charge in [-0.2, -0.15) is 0 Å². The third kappa shape index (κ3) is 4.65. The first-order chi connectivity index (χ1) is 12.0. The van der Waals surface area contributed by atoms with Crippen molar-refractivity contribution in [3.05, 3.63) is 76.0 Å². The highest BCUT2D eigenvalue weighted by molar-refractivity contribution is 7.13. The molecule has 0 radical (unpaired) electrons. The van der Waals surface area contributed by atoms with E-state index in [0.29, 0.717) is 5.02 Å². The summed E-state index contributed by atoms with van der Waals surface area (Å²) in [6, 6.07) is 13.4. The first-order valence-corrected chi connectivity index (χ1v) is 9.02. The molecule has 0 aliphatic carbocycles. The molecule has 3 aromatic rings. The lowest BCUT2D eigenvalue weighted by Gasteiger charge is -2.13. The minimum Gasteiger partial charge on any atom is -0.349 e. The van der Waals surface area contributed by atoms with Gasteiger partial charge >= 0.3 is 0 Å². The maximum atomic E-state index is 13.0. The number of thiazole rings is 1. The number of carbonyl (C=O) groups excluding carboxylic acids is 1. The van der Waals surface area contributed by atoms with E-state index >= 15 is 0 Å². The summed E-state index contributed by atoms with van der Waals surface area (Å²) >= 11 is 7.38. The fraction of sp³-hybridized carbons (Fsp3) is 0.158. The molecule has 1 heterocycles. The minimum atomic E-state index is -0.292. The van der Waals surface area contributed by atoms with Crippen LogP contribution >= 0.6 is 22.9 Å². The molecule has 3 rings (SSSR count). The quantitative estimate of drug-likeness (QED) is 0.681. The molecule has 0 saturated carbocycles. The Kier molecular flexibility index (Phi) is 5.46. The second-order valence-corrected chi connectivity index (χ2v) is 6.96. The molecule has 0 spiro atoms. The number of hydrogen-bond donors (Lipinski definition) is 1. The van der Waals surface area contributed by atoms with Gasteiger partial charge in [0.25, 0.3) is 0 Å². The van der Waals surface area contributed by atoms with Gasteiger partial charge in [-0.1, -0.05) is 35.9 Å². The number of carbonyl (C=O) groups is 1. The Morgan fingerprint density at radius 3 is 2.56 bits per heavy atom. The molecule has 25 heavy (non-hydrogen) atoms. The fourth-order valence-corrected chi connectivity index (χ4v) is 3.36. The van der Waals surface area contributed by atoms with Crippen LogP contribution in [-0.4, -0.2) is 10.9 Å². The van der Waals surface area contributed by atoms with Crippen molar-refractivity contribution in [3.63, 3.8) is 0 Å². The van der Waals surface area contributed by atoms with Crippen LogP contribution in [0.4, 0.5) is 4.39 Å². The van der Waals surface area contributed by atoms with Crippen LogP contribution in [0.5, 0.6) is 0 Å². The summed E-state index contributed by atoms with van der Waals surface area (Å²) < 4.78 is 13.0. The van der Waals surface area contributed by atoms with Crippen LogP contribution < -0.4 is 5.32 Å². The largest absolute Gasteiger partial charge is 0.349 e. The summed E-state index contributed by atoms with van der Waals surface area (Å²) in [6.45, 7) is 1.87. The number of nitrogens with one attached hydrogen (secondary N) is 1. The van der Waals surface area contributed by atoms with Gasteiger partial charge in [-0.05, 0) is 36.8 Å². The highest BCUT2D eigenvalue weighted by atomic mass is 35.5. The van der Waals surface area contributed by atoms with Crippen molar-refractivity contribution < 1.29 is 9.18 Å². The summed E-state index contributed by atoms with van der Waals surface area (Å²) in [5.41, 5.74) is 2.55. The molecule has 128 valence electrons. The van der Waals surface area contributed by atoms with Crippen LogP contribution in [0, 0.1) is 5.82 Å². The van der Waals surface area contributed by atoms with Gasteiger partial charge in [-0.15, -0.1) is 11.3 Å². The summed E-state index contributed by atoms with van der Waals surface area (Å²) in [5.74, 6) is -0.413. The van der Waals surface area contributed by atoms with Crippen molar-refractivity contribution in [1.29, 1.82) is 0 Å². The van der Waals surface area contributed by atoms with Crippen LogP contribution in [0.1, 0.15) is 24.2 Å². The average Bonchev–Trinajstić information content (AvgIpc) is 3.04. The van der Waals surface area contributed by atoms with Gasteiger partial charge in [0, 0.05) is 16.0 Å². The Morgan fingerprint density at radius 1 is 1.20 bits per heavy atom. The van der Waals surface area contributed by atoms with E-state index < -0.39 is 0 Å². The van der Waals surface area contributed by atoms with Gasteiger partial charge in [0.15, 0.2) is 0 Å². The van der Waals surface area contributed by atoms with E-state index in [4.69, 9.17) is 11.6 Å². The lowest BCUT2D eigenvalue weighted by atomic mass is 10.1. The number of nitrogens with zero attached hydrogens (tertiary/aromatic N) is 1. The number of halogens is 2. The molecule has 1 amide bonds. The molecule has 0 bridgehead atoms. The van der Waals surface area contributed by atoms with Gasteiger partial charge in [0.2, 0.25) is 5.91 Å². The van der Waals surface area contributed by atoms with Gasteiger partial charge in [-0.25, -0.2) is 9.37 Å². The smallest absolute Gasteiger partial charge is 0.226 e. The Morgan fingerprint density at radius 2 is 1.88 bits per heavy atom. The van der Waals surface area contributed by atoms with Crippen LogP contribution in [0.2, 0.25) is 5.02 Å². The zero-order valence-electron chi connectivity index (χ0n) is 13.5. The molecule has 1 unspecified atom stereocenters. The monoisotopic (exact) mass is 374 g/mol. The molecule has 6 heteroatoms. The summed E-state index contributed by atoms with van der Waals surface area (Å²) in [4.78, 5) is 16.7. The third-order valence-corrected chi connectivity index (χ3v) is 4.92. The molecule has 0 aliphatic heterocycles. The van der Waals surface area contributed by atoms with Gasteiger partial charge in [0.1, 0.15) is 10.8 Å². The van der Waals surface area contributed by atoms with E-state index in [1.807, 2.05) is 36.6 Å². The van der Waals surface area contributed by atoms with Crippen LogP contribution in [0.3, 0.4) is 0 Å². The van der Waals surface area contributed by atoms with Crippen molar-refractivity contribution in [3.8, 4) is 10.6 Å². The van der Waals surface area contributed by atoms with E-state index in [0.717, 1.165) is 21.8 Å². The van der Waals surface area contributed by atoms with Gasteiger partial charge < -0.3 is 5.32 Å². The van der Waals surface area contributed by atoms with Gasteiger partial charge in [-0.3, -0.25) is 4.79 Å². The highest BCUT2D eigenvalue weighted by Gasteiger charge is 2.13. The number of amides is 1. The van der Waals surface area contributed by atoms with Crippen molar-refractivity contribution in [2.45, 2.75) is 19.4 Å². The van der Waals surface area contributed by atoms with Crippen LogP contribution in [0.25, 0.3) is 10.6 Å². The Labute approximate surface area is 154 Å². The first kappa shape index (κ1) is 17.6. The Hall–Kier alpha value is -2.24. The number of aromatic nitrogens is 1. The molecular weight excluding hydrogens is 359 g/mol. The average molecular weight is 375 g/mol. The molecule has 2 aromatic carbocycles. The van der Waals surface area contributed by atoms with Crippen LogP contribution in [-0.2, 0) is 11.2 Å². The number of benzene rings is 2. The second-order valence-electron chi connectivity index (χ2n) is 5.67. The first-order valence-electron chi connectivity index (χ1n) is 7.76. The fourth-order valence-electron chi connectivity index (χ4n) is 2.41. The molecule has 1 atom stereocenters. The van der Waals surface area contributed by atoms with Crippen molar-refractivity contribution >= 4 is 28.8 Å². The van der Waals surface area contributed by atoms with E-state index in [2.05, 4.69) is 10.3 Å². The lowest BCUT2D eigenvalue weighted by molar-refractivity contribution is -0.121. The predicted octanol–water partition coefficient (Wildman–Crippen LogP) is 5.02. The van der Waals surface area contributed by atoms with Crippen molar-refractivity contribution in [1.82, 2.24) is 10.3 Å². The molecule has 0 saturated heterocycles. The van der Waals surface area contributed by atoms with E-state index in [1.165, 1.54) is 23.5 Å². The molecule has 3 nitrogen and oxygen atoms in total. The minimum absolute atomic E-state index is 0.121. The van der Waals surface area contributed by atoms with E-state index in [9.17, 15) is 9.18 Å². The zero-order chi connectivity index (χ0) is 17.8. The second kappa shape index (κ2) is 7.76. The maximum absolute atomic E-state index is 13.0. The zero-order valence-corrected chi connectivity index (χ0v) is 15.1. The summed E-state index contributed by atoms with van der Waals surface area (Å²) in [7, 11) is 0. The normalized spacial score (nSPS) is 12.0.